The van der Waals surface area contributed by atoms with Crippen LogP contribution < -0.4 is 0 Å². The average Bonchev–Trinajstić information content (AvgIpc) is 2.80. The van der Waals surface area contributed by atoms with Crippen LogP contribution >= 0.6 is 0 Å². The number of sulfone groups is 1. The first-order valence-corrected chi connectivity index (χ1v) is 9.67. The molecule has 1 N–H and O–H groups in total. The number of hydrogen-bond donors (Lipinski definition) is 1. The van der Waals surface area contributed by atoms with Gasteiger partial charge in [0.15, 0.2) is 27.0 Å². The molecule has 0 saturated heterocycles. The molecule has 2 aromatic carbocycles. The van der Waals surface area contributed by atoms with E-state index < -0.39 is 27.0 Å². The molecule has 0 saturated carbocycles. The molecule has 1 aliphatic heterocycles. The van der Waals surface area contributed by atoms with Crippen LogP contribution in [0, 0.1) is 5.82 Å². The van der Waals surface area contributed by atoms with Crippen LogP contribution in [0.2, 0.25) is 0 Å². The largest absolute Gasteiger partial charge is 0.505 e. The van der Waals surface area contributed by atoms with E-state index in [0.29, 0.717) is 5.56 Å². The maximum absolute atomic E-state index is 13.8. The van der Waals surface area contributed by atoms with Crippen molar-refractivity contribution in [3.63, 3.8) is 0 Å². The highest BCUT2D eigenvalue weighted by Gasteiger charge is 2.43. The second-order valence-electron chi connectivity index (χ2n) is 6.61. The van der Waals surface area contributed by atoms with Crippen molar-refractivity contribution in [2.24, 2.45) is 0 Å². The number of Topliss-reactive ketones (excluding diaryl/α,β-unsaturated/α-hetero) is 1. The third-order valence-corrected chi connectivity index (χ3v) is 5.27. The van der Waals surface area contributed by atoms with Gasteiger partial charge >= 0.3 is 0 Å². The summed E-state index contributed by atoms with van der Waals surface area (Å²) in [5.41, 5.74) is -0.187. The highest BCUT2D eigenvalue weighted by molar-refractivity contribution is 7.90. The predicted molar refractivity (Wildman–Crippen MR) is 94.6 cm³/mol. The SMILES string of the molecule is CC1(C)OC(c2ccc(S(C)(=O)=O)cc2)=C(c2ccc(O)c(F)c2)C1=O. The maximum atomic E-state index is 13.8. The molecule has 0 unspecified atom stereocenters. The summed E-state index contributed by atoms with van der Waals surface area (Å²) in [6.07, 6.45) is 1.10. The van der Waals surface area contributed by atoms with E-state index in [1.165, 1.54) is 36.4 Å². The Labute approximate surface area is 150 Å². The van der Waals surface area contributed by atoms with E-state index in [9.17, 15) is 22.7 Å². The number of ether oxygens (including phenoxy) is 1. The molecule has 1 heterocycles. The maximum Gasteiger partial charge on any atom is 0.210 e. The zero-order chi connectivity index (χ0) is 19.3. The molecule has 0 spiro atoms. The van der Waals surface area contributed by atoms with Crippen LogP contribution in [0.1, 0.15) is 25.0 Å². The van der Waals surface area contributed by atoms with E-state index in [1.807, 2.05) is 0 Å². The molecule has 0 aliphatic carbocycles. The Bertz CT molecular complexity index is 1030. The molecule has 2 aromatic rings. The fourth-order valence-corrected chi connectivity index (χ4v) is 3.37. The van der Waals surface area contributed by atoms with E-state index >= 15 is 0 Å². The van der Waals surface area contributed by atoms with Crippen molar-refractivity contribution in [1.29, 1.82) is 0 Å². The third kappa shape index (κ3) is 3.10. The van der Waals surface area contributed by atoms with Gasteiger partial charge in [0.2, 0.25) is 5.78 Å². The Kier molecular flexibility index (Phi) is 4.15. The highest BCUT2D eigenvalue weighted by atomic mass is 32.2. The molecule has 7 heteroatoms. The molecule has 5 nitrogen and oxygen atoms in total. The van der Waals surface area contributed by atoms with E-state index in [2.05, 4.69) is 0 Å². The number of benzene rings is 2. The number of ketones is 1. The van der Waals surface area contributed by atoms with Gasteiger partial charge < -0.3 is 9.84 Å². The van der Waals surface area contributed by atoms with Crippen molar-refractivity contribution in [1.82, 2.24) is 0 Å². The lowest BCUT2D eigenvalue weighted by Crippen LogP contribution is -2.29. The van der Waals surface area contributed by atoms with E-state index in [-0.39, 0.29) is 27.6 Å². The van der Waals surface area contributed by atoms with Gasteiger partial charge in [-0.3, -0.25) is 4.79 Å². The summed E-state index contributed by atoms with van der Waals surface area (Å²) in [5, 5.41) is 9.38. The molecule has 26 heavy (non-hydrogen) atoms. The molecule has 3 rings (SSSR count). The Morgan fingerprint density at radius 1 is 1.04 bits per heavy atom. The lowest BCUT2D eigenvalue weighted by atomic mass is 9.92. The summed E-state index contributed by atoms with van der Waals surface area (Å²) >= 11 is 0. The second kappa shape index (κ2) is 5.95. The fourth-order valence-electron chi connectivity index (χ4n) is 2.74. The molecule has 0 amide bonds. The Balaban J connectivity index is 2.18. The van der Waals surface area contributed by atoms with Crippen molar-refractivity contribution in [3.8, 4) is 5.75 Å². The molecule has 136 valence electrons. The van der Waals surface area contributed by atoms with Gasteiger partial charge in [0.05, 0.1) is 10.5 Å². The first kappa shape index (κ1) is 18.1. The average molecular weight is 376 g/mol. The number of phenols is 1. The third-order valence-electron chi connectivity index (χ3n) is 4.14. The quantitative estimate of drug-likeness (QED) is 0.890. The summed E-state index contributed by atoms with van der Waals surface area (Å²) in [5.74, 6) is -1.45. The zero-order valence-electron chi connectivity index (χ0n) is 14.4. The van der Waals surface area contributed by atoms with Crippen molar-refractivity contribution in [2.45, 2.75) is 24.3 Å². The van der Waals surface area contributed by atoms with Gasteiger partial charge in [-0.2, -0.15) is 0 Å². The molecule has 0 aromatic heterocycles. The number of aromatic hydroxyl groups is 1. The van der Waals surface area contributed by atoms with Crippen molar-refractivity contribution in [2.75, 3.05) is 6.26 Å². The lowest BCUT2D eigenvalue weighted by Gasteiger charge is -2.17. The van der Waals surface area contributed by atoms with Crippen molar-refractivity contribution in [3.05, 3.63) is 59.4 Å². The van der Waals surface area contributed by atoms with E-state index in [4.69, 9.17) is 4.74 Å². The van der Waals surface area contributed by atoms with Crippen LogP contribution in [-0.4, -0.2) is 31.2 Å². The lowest BCUT2D eigenvalue weighted by molar-refractivity contribution is -0.125. The first-order valence-electron chi connectivity index (χ1n) is 7.78. The van der Waals surface area contributed by atoms with E-state index in [0.717, 1.165) is 12.3 Å². The number of rotatable bonds is 3. The minimum Gasteiger partial charge on any atom is -0.505 e. The van der Waals surface area contributed by atoms with Crippen LogP contribution in [0.5, 0.6) is 5.75 Å². The van der Waals surface area contributed by atoms with Gasteiger partial charge in [0.1, 0.15) is 5.76 Å². The number of halogens is 1. The molecule has 1 aliphatic rings. The predicted octanol–water partition coefficient (Wildman–Crippen LogP) is 3.18. The molecule has 0 atom stereocenters. The summed E-state index contributed by atoms with van der Waals surface area (Å²) in [6.45, 7) is 3.20. The van der Waals surface area contributed by atoms with Gasteiger partial charge in [-0.15, -0.1) is 0 Å². The normalized spacial score (nSPS) is 16.7. The number of carbonyl (C=O) groups is 1. The monoisotopic (exact) mass is 376 g/mol. The summed E-state index contributed by atoms with van der Waals surface area (Å²) in [7, 11) is -3.35. The Morgan fingerprint density at radius 3 is 2.15 bits per heavy atom. The number of phenolic OH excluding ortho intramolecular Hbond substituents is 1. The number of carbonyl (C=O) groups excluding carboxylic acids is 1. The highest BCUT2D eigenvalue weighted by Crippen LogP contribution is 2.41. The van der Waals surface area contributed by atoms with E-state index in [1.54, 1.807) is 13.8 Å². The van der Waals surface area contributed by atoms with Gasteiger partial charge in [-0.1, -0.05) is 6.07 Å². The van der Waals surface area contributed by atoms with Crippen molar-refractivity contribution >= 4 is 27.0 Å². The van der Waals surface area contributed by atoms with Gasteiger partial charge in [-0.05, 0) is 55.8 Å². The minimum absolute atomic E-state index is 0.141. The minimum atomic E-state index is -3.35. The molecular weight excluding hydrogens is 359 g/mol. The second-order valence-corrected chi connectivity index (χ2v) is 8.62. The van der Waals surface area contributed by atoms with Crippen LogP contribution in [0.4, 0.5) is 4.39 Å². The van der Waals surface area contributed by atoms with Crippen LogP contribution in [-0.2, 0) is 19.4 Å². The topological polar surface area (TPSA) is 80.7 Å². The molecule has 0 radical (unpaired) electrons. The Morgan fingerprint density at radius 2 is 1.62 bits per heavy atom. The van der Waals surface area contributed by atoms with Gasteiger partial charge in [-0.25, -0.2) is 12.8 Å². The van der Waals surface area contributed by atoms with Crippen LogP contribution in [0.3, 0.4) is 0 Å². The molecular formula is C19H17FO5S. The molecule has 0 fully saturated rings. The van der Waals surface area contributed by atoms with Gasteiger partial charge in [0, 0.05) is 11.8 Å². The van der Waals surface area contributed by atoms with Crippen LogP contribution in [0.25, 0.3) is 11.3 Å². The number of hydrogen-bond acceptors (Lipinski definition) is 5. The van der Waals surface area contributed by atoms with Gasteiger partial charge in [0.25, 0.3) is 0 Å². The standard InChI is InChI=1S/C19H17FO5S/c1-19(2)18(22)16(12-6-9-15(21)14(20)10-12)17(25-19)11-4-7-13(8-5-11)26(3,23)24/h4-10,21H,1-3H3. The summed E-state index contributed by atoms with van der Waals surface area (Å²) < 4.78 is 42.8. The fraction of sp³-hybridized carbons (Fsp3) is 0.211. The first-order chi connectivity index (χ1) is 12.0. The summed E-state index contributed by atoms with van der Waals surface area (Å²) in [6, 6.07) is 9.59. The Hall–Kier alpha value is -2.67. The van der Waals surface area contributed by atoms with Crippen molar-refractivity contribution < 1.29 is 27.4 Å². The zero-order valence-corrected chi connectivity index (χ0v) is 15.2. The molecule has 0 bridgehead atoms. The summed E-state index contributed by atoms with van der Waals surface area (Å²) in [4.78, 5) is 12.9. The van der Waals surface area contributed by atoms with Crippen LogP contribution in [0.15, 0.2) is 47.4 Å². The smallest absolute Gasteiger partial charge is 0.210 e.